The van der Waals surface area contributed by atoms with E-state index in [1.807, 2.05) is 12.1 Å². The minimum atomic E-state index is -3.68. The zero-order valence-electron chi connectivity index (χ0n) is 14.4. The van der Waals surface area contributed by atoms with E-state index in [9.17, 15) is 13.2 Å². The van der Waals surface area contributed by atoms with Crippen molar-refractivity contribution in [2.45, 2.75) is 11.8 Å². The predicted molar refractivity (Wildman–Crippen MR) is 111 cm³/mol. The lowest BCUT2D eigenvalue weighted by atomic mass is 10.1. The van der Waals surface area contributed by atoms with Crippen molar-refractivity contribution in [2.24, 2.45) is 0 Å². The van der Waals surface area contributed by atoms with Gasteiger partial charge >= 0.3 is 0 Å². The topological polar surface area (TPSA) is 75.3 Å². The Hall–Kier alpha value is -2.64. The lowest BCUT2D eigenvalue weighted by molar-refractivity contribution is 0.102. The van der Waals surface area contributed by atoms with Gasteiger partial charge in [0.1, 0.15) is 0 Å². The molecule has 2 N–H and O–H groups in total. The quantitative estimate of drug-likeness (QED) is 0.592. The number of carbonyl (C=O) groups is 1. The molecule has 0 unspecified atom stereocenters. The van der Waals surface area contributed by atoms with Gasteiger partial charge in [0.25, 0.3) is 15.9 Å². The van der Waals surface area contributed by atoms with Crippen LogP contribution in [0.25, 0.3) is 0 Å². The molecule has 3 aromatic rings. The first-order chi connectivity index (χ1) is 12.8. The standard InChI is InChI=1S/C20H17BrN2O3S/c1-14-12-15(20(24)22-17-7-5-6-16(21)13-17)10-11-19(14)23-27(25,26)18-8-3-2-4-9-18/h2-13,23H,1H3,(H,22,24). The van der Waals surface area contributed by atoms with Crippen molar-refractivity contribution in [2.75, 3.05) is 10.0 Å². The number of sulfonamides is 1. The Labute approximate surface area is 166 Å². The number of amides is 1. The van der Waals surface area contributed by atoms with Crippen molar-refractivity contribution in [1.29, 1.82) is 0 Å². The van der Waals surface area contributed by atoms with E-state index in [1.165, 1.54) is 12.1 Å². The second-order valence-corrected chi connectivity index (χ2v) is 8.51. The summed E-state index contributed by atoms with van der Waals surface area (Å²) in [5.41, 5.74) is 2.19. The molecule has 0 radical (unpaired) electrons. The van der Waals surface area contributed by atoms with E-state index >= 15 is 0 Å². The first kappa shape index (κ1) is 19.1. The molecule has 5 nitrogen and oxygen atoms in total. The Morgan fingerprint density at radius 2 is 1.67 bits per heavy atom. The van der Waals surface area contributed by atoms with Gasteiger partial charge in [0.2, 0.25) is 0 Å². The fourth-order valence-electron chi connectivity index (χ4n) is 2.49. The second kappa shape index (κ2) is 7.94. The molecule has 27 heavy (non-hydrogen) atoms. The summed E-state index contributed by atoms with van der Waals surface area (Å²) in [7, 11) is -3.68. The van der Waals surface area contributed by atoms with Gasteiger partial charge in [-0.15, -0.1) is 0 Å². The highest BCUT2D eigenvalue weighted by Crippen LogP contribution is 2.22. The maximum atomic E-state index is 12.5. The molecule has 7 heteroatoms. The van der Waals surface area contributed by atoms with Crippen LogP contribution in [0.2, 0.25) is 0 Å². The van der Waals surface area contributed by atoms with Crippen LogP contribution in [0, 0.1) is 6.92 Å². The smallest absolute Gasteiger partial charge is 0.261 e. The number of hydrogen-bond acceptors (Lipinski definition) is 3. The number of halogens is 1. The fourth-order valence-corrected chi connectivity index (χ4v) is 4.04. The predicted octanol–water partition coefficient (Wildman–Crippen LogP) is 4.81. The third-order valence-electron chi connectivity index (χ3n) is 3.87. The van der Waals surface area contributed by atoms with Crippen LogP contribution in [0.4, 0.5) is 11.4 Å². The number of anilines is 2. The lowest BCUT2D eigenvalue weighted by Gasteiger charge is -2.12. The van der Waals surface area contributed by atoms with Gasteiger partial charge in [0, 0.05) is 15.7 Å². The molecule has 0 saturated heterocycles. The van der Waals surface area contributed by atoms with Gasteiger partial charge in [-0.3, -0.25) is 9.52 Å². The summed E-state index contributed by atoms with van der Waals surface area (Å²) in [6.45, 7) is 1.75. The molecule has 0 aliphatic rings. The Morgan fingerprint density at radius 1 is 0.926 bits per heavy atom. The van der Waals surface area contributed by atoms with E-state index in [1.54, 1.807) is 55.5 Å². The molecule has 0 atom stereocenters. The van der Waals surface area contributed by atoms with Gasteiger partial charge in [-0.05, 0) is 61.0 Å². The average Bonchev–Trinajstić information content (AvgIpc) is 2.64. The third kappa shape index (κ3) is 4.75. The van der Waals surface area contributed by atoms with Crippen molar-refractivity contribution >= 4 is 43.2 Å². The van der Waals surface area contributed by atoms with Crippen LogP contribution in [0.1, 0.15) is 15.9 Å². The minimum Gasteiger partial charge on any atom is -0.322 e. The monoisotopic (exact) mass is 444 g/mol. The molecule has 0 saturated carbocycles. The largest absolute Gasteiger partial charge is 0.322 e. The molecule has 0 bridgehead atoms. The second-order valence-electron chi connectivity index (χ2n) is 5.91. The molecular weight excluding hydrogens is 428 g/mol. The van der Waals surface area contributed by atoms with Crippen molar-refractivity contribution in [1.82, 2.24) is 0 Å². The number of hydrogen-bond donors (Lipinski definition) is 2. The molecule has 0 aliphatic heterocycles. The third-order valence-corrected chi connectivity index (χ3v) is 5.74. The molecule has 0 fully saturated rings. The van der Waals surface area contributed by atoms with Crippen molar-refractivity contribution < 1.29 is 13.2 Å². The molecule has 1 amide bonds. The summed E-state index contributed by atoms with van der Waals surface area (Å²) in [5.74, 6) is -0.270. The highest BCUT2D eigenvalue weighted by Gasteiger charge is 2.16. The first-order valence-electron chi connectivity index (χ1n) is 8.10. The van der Waals surface area contributed by atoms with Crippen molar-refractivity contribution in [3.05, 3.63) is 88.4 Å². The van der Waals surface area contributed by atoms with Crippen LogP contribution in [-0.2, 0) is 10.0 Å². The Bertz CT molecular complexity index is 1080. The zero-order chi connectivity index (χ0) is 19.4. The van der Waals surface area contributed by atoms with Crippen molar-refractivity contribution in [3.63, 3.8) is 0 Å². The summed E-state index contributed by atoms with van der Waals surface area (Å²) in [4.78, 5) is 12.6. The van der Waals surface area contributed by atoms with Gasteiger partial charge in [-0.2, -0.15) is 0 Å². The lowest BCUT2D eigenvalue weighted by Crippen LogP contribution is -2.15. The van der Waals surface area contributed by atoms with Crippen molar-refractivity contribution in [3.8, 4) is 0 Å². The van der Waals surface area contributed by atoms with E-state index in [0.29, 0.717) is 22.5 Å². The first-order valence-corrected chi connectivity index (χ1v) is 10.4. The van der Waals surface area contributed by atoms with Crippen LogP contribution < -0.4 is 10.0 Å². The summed E-state index contributed by atoms with van der Waals surface area (Å²) in [5, 5.41) is 2.81. The molecule has 0 aliphatic carbocycles. The summed E-state index contributed by atoms with van der Waals surface area (Å²) in [6, 6.07) is 20.2. The van der Waals surface area contributed by atoms with E-state index < -0.39 is 10.0 Å². The SMILES string of the molecule is Cc1cc(C(=O)Nc2cccc(Br)c2)ccc1NS(=O)(=O)c1ccccc1. The van der Waals surface area contributed by atoms with Gasteiger partial charge in [0.15, 0.2) is 0 Å². The highest BCUT2D eigenvalue weighted by atomic mass is 79.9. The van der Waals surface area contributed by atoms with Gasteiger partial charge in [-0.25, -0.2) is 8.42 Å². The molecular formula is C20H17BrN2O3S. The highest BCUT2D eigenvalue weighted by molar-refractivity contribution is 9.10. The van der Waals surface area contributed by atoms with E-state index in [-0.39, 0.29) is 10.8 Å². The number of nitrogens with one attached hydrogen (secondary N) is 2. The van der Waals surface area contributed by atoms with Gasteiger partial charge in [0.05, 0.1) is 10.6 Å². The van der Waals surface area contributed by atoms with E-state index in [4.69, 9.17) is 0 Å². The average molecular weight is 445 g/mol. The van der Waals surface area contributed by atoms with E-state index in [2.05, 4.69) is 26.0 Å². The number of carbonyl (C=O) groups excluding carboxylic acids is 1. The number of benzene rings is 3. The Kier molecular flexibility index (Phi) is 5.62. The summed E-state index contributed by atoms with van der Waals surface area (Å²) in [6.07, 6.45) is 0. The molecule has 3 rings (SSSR count). The maximum absolute atomic E-state index is 12.5. The van der Waals surface area contributed by atoms with Gasteiger partial charge in [-0.1, -0.05) is 40.2 Å². The fraction of sp³-hybridized carbons (Fsp3) is 0.0500. The Balaban J connectivity index is 1.78. The van der Waals surface area contributed by atoms with Crippen LogP contribution in [0.5, 0.6) is 0 Å². The van der Waals surface area contributed by atoms with Crippen LogP contribution >= 0.6 is 15.9 Å². The number of rotatable bonds is 5. The molecule has 3 aromatic carbocycles. The normalized spacial score (nSPS) is 11.0. The molecule has 0 spiro atoms. The maximum Gasteiger partial charge on any atom is 0.261 e. The van der Waals surface area contributed by atoms with Gasteiger partial charge < -0.3 is 5.32 Å². The molecule has 0 aromatic heterocycles. The number of aryl methyl sites for hydroxylation is 1. The summed E-state index contributed by atoms with van der Waals surface area (Å²) < 4.78 is 28.3. The minimum absolute atomic E-state index is 0.181. The zero-order valence-corrected chi connectivity index (χ0v) is 16.8. The van der Waals surface area contributed by atoms with E-state index in [0.717, 1.165) is 4.47 Å². The molecule has 138 valence electrons. The summed E-state index contributed by atoms with van der Waals surface area (Å²) >= 11 is 3.36. The van der Waals surface area contributed by atoms with Crippen LogP contribution in [-0.4, -0.2) is 14.3 Å². The Morgan fingerprint density at radius 3 is 2.33 bits per heavy atom. The van der Waals surface area contributed by atoms with Crippen LogP contribution in [0.3, 0.4) is 0 Å². The molecule has 0 heterocycles. The van der Waals surface area contributed by atoms with Crippen LogP contribution in [0.15, 0.2) is 82.2 Å².